The fourth-order valence-corrected chi connectivity index (χ4v) is 6.58. The highest BCUT2D eigenvalue weighted by atomic mass is 35.5. The molecule has 1 aliphatic heterocycles. The van der Waals surface area contributed by atoms with Crippen LogP contribution in [0.2, 0.25) is 5.02 Å². The van der Waals surface area contributed by atoms with E-state index in [0.29, 0.717) is 60.0 Å². The molecule has 196 valence electrons. The standard InChI is InChI=1S/C29H27ClFN3O3S/c1-20-16-22(29(35)34-14-12-33(13-15-34)18-23-9-10-25(30)17-26(23)31)7-8-24(20)19-38(36,37)27-6-2-4-21-5-3-11-32-28(21)27/h2-11,16-17H,12-15,18-19H2,1H3. The molecule has 0 unspecified atom stereocenters. The highest BCUT2D eigenvalue weighted by Crippen LogP contribution is 2.26. The van der Waals surface area contributed by atoms with Gasteiger partial charge in [0.25, 0.3) is 5.91 Å². The number of pyridine rings is 1. The molecule has 1 saturated heterocycles. The van der Waals surface area contributed by atoms with Gasteiger partial charge in [0.05, 0.1) is 16.2 Å². The molecule has 2 heterocycles. The minimum atomic E-state index is -3.65. The van der Waals surface area contributed by atoms with E-state index < -0.39 is 9.84 Å². The zero-order valence-electron chi connectivity index (χ0n) is 20.9. The number of hydrogen-bond donors (Lipinski definition) is 0. The van der Waals surface area contributed by atoms with Crippen LogP contribution in [-0.4, -0.2) is 55.3 Å². The van der Waals surface area contributed by atoms with Crippen molar-refractivity contribution in [3.8, 4) is 0 Å². The van der Waals surface area contributed by atoms with Crippen LogP contribution in [0.3, 0.4) is 0 Å². The summed E-state index contributed by atoms with van der Waals surface area (Å²) in [6.45, 7) is 4.58. The van der Waals surface area contributed by atoms with Crippen molar-refractivity contribution in [3.63, 3.8) is 0 Å². The number of carbonyl (C=O) groups is 1. The largest absolute Gasteiger partial charge is 0.336 e. The summed E-state index contributed by atoms with van der Waals surface area (Å²) >= 11 is 5.84. The minimum Gasteiger partial charge on any atom is -0.336 e. The van der Waals surface area contributed by atoms with E-state index in [9.17, 15) is 17.6 Å². The maximum atomic E-state index is 14.2. The van der Waals surface area contributed by atoms with E-state index in [1.165, 1.54) is 6.07 Å². The summed E-state index contributed by atoms with van der Waals surface area (Å²) in [6.07, 6.45) is 1.59. The van der Waals surface area contributed by atoms with Crippen molar-refractivity contribution in [2.45, 2.75) is 24.1 Å². The maximum absolute atomic E-state index is 14.2. The third-order valence-corrected chi connectivity index (χ3v) is 8.86. The number of piperazine rings is 1. The van der Waals surface area contributed by atoms with Gasteiger partial charge >= 0.3 is 0 Å². The molecular formula is C29H27ClFN3O3S. The molecule has 4 aromatic rings. The number of amides is 1. The van der Waals surface area contributed by atoms with Crippen LogP contribution < -0.4 is 0 Å². The monoisotopic (exact) mass is 551 g/mol. The molecule has 6 nitrogen and oxygen atoms in total. The molecule has 38 heavy (non-hydrogen) atoms. The number of nitrogens with zero attached hydrogens (tertiary/aromatic N) is 3. The van der Waals surface area contributed by atoms with Crippen molar-refractivity contribution in [2.75, 3.05) is 26.2 Å². The smallest absolute Gasteiger partial charge is 0.253 e. The fraction of sp³-hybridized carbons (Fsp3) is 0.241. The number of fused-ring (bicyclic) bond motifs is 1. The zero-order chi connectivity index (χ0) is 26.9. The third kappa shape index (κ3) is 5.57. The van der Waals surface area contributed by atoms with Gasteiger partial charge < -0.3 is 4.90 Å². The highest BCUT2D eigenvalue weighted by Gasteiger charge is 2.24. The van der Waals surface area contributed by atoms with Crippen LogP contribution in [0.1, 0.15) is 27.0 Å². The Morgan fingerprint density at radius 1 is 0.974 bits per heavy atom. The Hall–Kier alpha value is -3.33. The number of halogens is 2. The Morgan fingerprint density at radius 2 is 1.71 bits per heavy atom. The Bertz CT molecular complexity index is 1610. The van der Waals surface area contributed by atoms with E-state index in [2.05, 4.69) is 9.88 Å². The number of hydrogen-bond acceptors (Lipinski definition) is 5. The predicted molar refractivity (Wildman–Crippen MR) is 146 cm³/mol. The second kappa shape index (κ2) is 10.8. The molecule has 0 bridgehead atoms. The van der Waals surface area contributed by atoms with Crippen molar-refractivity contribution < 1.29 is 17.6 Å². The topological polar surface area (TPSA) is 70.6 Å². The fourth-order valence-electron chi connectivity index (χ4n) is 4.78. The molecule has 0 saturated carbocycles. The molecule has 0 radical (unpaired) electrons. The van der Waals surface area contributed by atoms with Crippen LogP contribution in [0, 0.1) is 12.7 Å². The molecule has 0 N–H and O–H groups in total. The van der Waals surface area contributed by atoms with Crippen LogP contribution in [0.5, 0.6) is 0 Å². The van der Waals surface area contributed by atoms with Gasteiger partial charge in [0.15, 0.2) is 9.84 Å². The number of sulfone groups is 1. The lowest BCUT2D eigenvalue weighted by Gasteiger charge is -2.35. The van der Waals surface area contributed by atoms with E-state index in [4.69, 9.17) is 11.6 Å². The lowest BCUT2D eigenvalue weighted by atomic mass is 10.1. The van der Waals surface area contributed by atoms with Crippen molar-refractivity contribution in [1.29, 1.82) is 0 Å². The summed E-state index contributed by atoms with van der Waals surface area (Å²) < 4.78 is 40.7. The van der Waals surface area contributed by atoms with Crippen LogP contribution in [0.4, 0.5) is 4.39 Å². The third-order valence-electron chi connectivity index (χ3n) is 6.93. The van der Waals surface area contributed by atoms with Gasteiger partial charge in [-0.1, -0.05) is 41.9 Å². The Labute approximate surface area is 226 Å². The van der Waals surface area contributed by atoms with Gasteiger partial charge in [-0.15, -0.1) is 0 Å². The maximum Gasteiger partial charge on any atom is 0.253 e. The first-order valence-electron chi connectivity index (χ1n) is 12.3. The second-order valence-electron chi connectivity index (χ2n) is 9.54. The number of carbonyl (C=O) groups excluding carboxylic acids is 1. The molecule has 3 aromatic carbocycles. The second-order valence-corrected chi connectivity index (χ2v) is 11.9. The van der Waals surface area contributed by atoms with Gasteiger partial charge in [0.2, 0.25) is 0 Å². The van der Waals surface area contributed by atoms with Gasteiger partial charge in [0, 0.05) is 60.5 Å². The summed E-state index contributed by atoms with van der Waals surface area (Å²) in [7, 11) is -3.65. The molecular weight excluding hydrogens is 525 g/mol. The number of aryl methyl sites for hydroxylation is 1. The SMILES string of the molecule is Cc1cc(C(=O)N2CCN(Cc3ccc(Cl)cc3F)CC2)ccc1CS(=O)(=O)c1cccc2cccnc12. The summed E-state index contributed by atoms with van der Waals surface area (Å²) in [5, 5.41) is 1.13. The van der Waals surface area contributed by atoms with Crippen LogP contribution in [-0.2, 0) is 22.1 Å². The van der Waals surface area contributed by atoms with E-state index in [1.54, 1.807) is 59.6 Å². The molecule has 0 atom stereocenters. The number of aromatic nitrogens is 1. The van der Waals surface area contributed by atoms with Crippen LogP contribution in [0.25, 0.3) is 10.9 Å². The van der Waals surface area contributed by atoms with Gasteiger partial charge in [-0.25, -0.2) is 12.8 Å². The van der Waals surface area contributed by atoms with Crippen LogP contribution in [0.15, 0.2) is 77.8 Å². The van der Waals surface area contributed by atoms with E-state index in [-0.39, 0.29) is 22.4 Å². The molecule has 0 spiro atoms. The Kier molecular flexibility index (Phi) is 7.47. The first kappa shape index (κ1) is 26.3. The molecule has 5 rings (SSSR count). The molecule has 0 aliphatic carbocycles. The Balaban J connectivity index is 1.25. The minimum absolute atomic E-state index is 0.0990. The molecule has 1 fully saturated rings. The van der Waals surface area contributed by atoms with Crippen molar-refractivity contribution in [2.24, 2.45) is 0 Å². The van der Waals surface area contributed by atoms with E-state index in [1.807, 2.05) is 19.1 Å². The summed E-state index contributed by atoms with van der Waals surface area (Å²) in [5.41, 5.74) is 2.94. The quantitative estimate of drug-likeness (QED) is 0.326. The van der Waals surface area contributed by atoms with Gasteiger partial charge in [-0.3, -0.25) is 14.7 Å². The normalized spacial score (nSPS) is 14.7. The summed E-state index contributed by atoms with van der Waals surface area (Å²) in [4.78, 5) is 21.5. The Morgan fingerprint density at radius 3 is 2.45 bits per heavy atom. The van der Waals surface area contributed by atoms with Gasteiger partial charge in [-0.2, -0.15) is 0 Å². The molecule has 1 aliphatic rings. The molecule has 9 heteroatoms. The summed E-state index contributed by atoms with van der Waals surface area (Å²) in [6, 6.07) is 18.6. The zero-order valence-corrected chi connectivity index (χ0v) is 22.5. The van der Waals surface area contributed by atoms with Gasteiger partial charge in [-0.05, 0) is 54.4 Å². The highest BCUT2D eigenvalue weighted by molar-refractivity contribution is 7.90. The van der Waals surface area contributed by atoms with Crippen molar-refractivity contribution in [3.05, 3.63) is 106 Å². The van der Waals surface area contributed by atoms with Crippen LogP contribution >= 0.6 is 11.6 Å². The van der Waals surface area contributed by atoms with Gasteiger partial charge in [0.1, 0.15) is 5.82 Å². The van der Waals surface area contributed by atoms with Crippen molar-refractivity contribution >= 4 is 38.2 Å². The predicted octanol–water partition coefficient (Wildman–Crippen LogP) is 5.27. The average Bonchev–Trinajstić information content (AvgIpc) is 2.91. The van der Waals surface area contributed by atoms with Crippen molar-refractivity contribution in [1.82, 2.24) is 14.8 Å². The molecule has 1 aromatic heterocycles. The summed E-state index contributed by atoms with van der Waals surface area (Å²) in [5.74, 6) is -0.605. The number of benzene rings is 3. The average molecular weight is 552 g/mol. The first-order valence-corrected chi connectivity index (χ1v) is 14.4. The number of rotatable bonds is 6. The lowest BCUT2D eigenvalue weighted by Crippen LogP contribution is -2.48. The first-order chi connectivity index (χ1) is 18.2. The lowest BCUT2D eigenvalue weighted by molar-refractivity contribution is 0.0627. The van der Waals surface area contributed by atoms with E-state index >= 15 is 0 Å². The number of para-hydroxylation sites is 1. The molecule has 1 amide bonds. The van der Waals surface area contributed by atoms with E-state index in [0.717, 1.165) is 10.9 Å².